The molecular weight excluding hydrogens is 606 g/mol. The van der Waals surface area contributed by atoms with E-state index < -0.39 is 81.1 Å². The Morgan fingerprint density at radius 3 is 1.83 bits per heavy atom. The highest BCUT2D eigenvalue weighted by atomic mass is 32.2. The summed E-state index contributed by atoms with van der Waals surface area (Å²) in [4.78, 5) is 55.1. The van der Waals surface area contributed by atoms with Gasteiger partial charge in [0.05, 0.1) is 9.79 Å². The fourth-order valence-electron chi connectivity index (χ4n) is 3.72. The van der Waals surface area contributed by atoms with Crippen molar-refractivity contribution in [3.05, 3.63) is 23.3 Å². The number of halogens is 4. The van der Waals surface area contributed by atoms with Gasteiger partial charge in [-0.1, -0.05) is 19.8 Å². The molecule has 2 atom stereocenters. The van der Waals surface area contributed by atoms with Gasteiger partial charge in [0.25, 0.3) is 0 Å². The minimum absolute atomic E-state index is 0.0823. The van der Waals surface area contributed by atoms with E-state index in [9.17, 15) is 41.5 Å². The average Bonchev–Trinajstić information content (AvgIpc) is 2.91. The van der Waals surface area contributed by atoms with E-state index in [1.807, 2.05) is 12.2 Å². The van der Waals surface area contributed by atoms with Crippen molar-refractivity contribution in [1.29, 1.82) is 0 Å². The molecule has 1 rings (SSSR count). The molecule has 0 saturated carbocycles. The third kappa shape index (κ3) is 13.3. The topological polar surface area (TPSA) is 176 Å². The van der Waals surface area contributed by atoms with Gasteiger partial charge in [0.2, 0.25) is 17.7 Å². The largest absolute Gasteiger partial charge is 0.481 e. The molecule has 3 amide bonds. The minimum atomic E-state index is -1.70. The number of primary amides is 1. The molecule has 42 heavy (non-hydrogen) atoms. The van der Waals surface area contributed by atoms with Crippen molar-refractivity contribution in [3.63, 3.8) is 0 Å². The highest BCUT2D eigenvalue weighted by molar-refractivity contribution is 7.99. The molecule has 0 heterocycles. The molecule has 16 heteroatoms. The number of rotatable bonds is 21. The van der Waals surface area contributed by atoms with Crippen LogP contribution in [0.1, 0.15) is 64.7 Å². The van der Waals surface area contributed by atoms with Gasteiger partial charge in [0.1, 0.15) is 12.6 Å². The normalized spacial score (nSPS) is 12.4. The number of nitrogens with two attached hydrogens (primary N) is 1. The van der Waals surface area contributed by atoms with Gasteiger partial charge < -0.3 is 26.6 Å². The van der Waals surface area contributed by atoms with Crippen LogP contribution in [0.4, 0.5) is 17.6 Å². The smallest absolute Gasteiger partial charge is 0.322 e. The summed E-state index contributed by atoms with van der Waals surface area (Å²) in [6.07, 6.45) is 2.73. The van der Waals surface area contributed by atoms with Gasteiger partial charge in [-0.3, -0.25) is 24.0 Å². The van der Waals surface area contributed by atoms with Gasteiger partial charge in [-0.25, -0.2) is 17.6 Å². The first kappa shape index (κ1) is 37.0. The Labute approximate surface area is 248 Å². The van der Waals surface area contributed by atoms with Crippen LogP contribution in [0.15, 0.2) is 9.79 Å². The number of carboxylic acids is 2. The maximum Gasteiger partial charge on any atom is 0.322 e. The van der Waals surface area contributed by atoms with Crippen LogP contribution in [0, 0.1) is 29.2 Å². The van der Waals surface area contributed by atoms with Crippen LogP contribution < -0.4 is 16.4 Å². The Balaban J connectivity index is 3.07. The Bertz CT molecular complexity index is 1100. The highest BCUT2D eigenvalue weighted by Crippen LogP contribution is 2.37. The average molecular weight is 642 g/mol. The van der Waals surface area contributed by atoms with Gasteiger partial charge >= 0.3 is 11.9 Å². The van der Waals surface area contributed by atoms with Crippen molar-refractivity contribution in [3.8, 4) is 0 Å². The van der Waals surface area contributed by atoms with E-state index in [-0.39, 0.29) is 49.1 Å². The van der Waals surface area contributed by atoms with Crippen molar-refractivity contribution in [2.45, 2.75) is 80.5 Å². The molecule has 1 aromatic carbocycles. The summed E-state index contributed by atoms with van der Waals surface area (Å²) in [5, 5.41) is 21.7. The Kier molecular flexibility index (Phi) is 16.9. The van der Waals surface area contributed by atoms with Crippen LogP contribution in [0.5, 0.6) is 0 Å². The summed E-state index contributed by atoms with van der Waals surface area (Å²) in [6, 6.07) is -1.56. The van der Waals surface area contributed by atoms with Crippen LogP contribution in [0.3, 0.4) is 0 Å². The third-order valence-electron chi connectivity index (χ3n) is 5.90. The number of thioether (sulfide) groups is 2. The predicted octanol–water partition coefficient (Wildman–Crippen LogP) is 3.83. The second-order valence-electron chi connectivity index (χ2n) is 9.38. The molecule has 0 bridgehead atoms. The van der Waals surface area contributed by atoms with Crippen LogP contribution in [0.25, 0.3) is 0 Å². The van der Waals surface area contributed by atoms with Crippen molar-refractivity contribution in [2.24, 2.45) is 11.7 Å². The zero-order chi connectivity index (χ0) is 31.8. The van der Waals surface area contributed by atoms with Gasteiger partial charge in [0.15, 0.2) is 23.3 Å². The van der Waals surface area contributed by atoms with E-state index in [1.165, 1.54) is 0 Å². The van der Waals surface area contributed by atoms with Gasteiger partial charge in [-0.05, 0) is 31.6 Å². The number of hydrogen-bond acceptors (Lipinski definition) is 7. The number of nitrogens with one attached hydrogen (secondary N) is 2. The summed E-state index contributed by atoms with van der Waals surface area (Å²) in [5.41, 5.74) is 5.16. The number of carboxylic acid groups (broad SMARTS) is 2. The lowest BCUT2D eigenvalue weighted by Crippen LogP contribution is -2.49. The van der Waals surface area contributed by atoms with Crippen molar-refractivity contribution in [1.82, 2.24) is 10.6 Å². The molecule has 0 aliphatic carbocycles. The van der Waals surface area contributed by atoms with Crippen LogP contribution in [-0.4, -0.2) is 64.0 Å². The lowest BCUT2D eigenvalue weighted by Gasteiger charge is -2.19. The summed E-state index contributed by atoms with van der Waals surface area (Å²) >= 11 is 0.812. The molecule has 0 aromatic heterocycles. The number of carbonyl (C=O) groups is 5. The standard InChI is InChI=1S/C26H35F4N3O7S2/c1-2-3-6-14(7-4-8-16(31)34)12-41-24-20(27)22(29)25(23(30)21(24)28)42-13-15(26(40)32-11-19(38)39)33-17(35)9-5-10-18(36)37/h14-15H,2-13H2,1H3,(H2,31,34)(H,32,40)(H,33,35)(H,36,37)(H,38,39). The van der Waals surface area contributed by atoms with Crippen LogP contribution >= 0.6 is 23.5 Å². The molecule has 0 spiro atoms. The summed E-state index contributed by atoms with van der Waals surface area (Å²) in [6.45, 7) is 1.12. The highest BCUT2D eigenvalue weighted by Gasteiger charge is 2.29. The molecule has 2 unspecified atom stereocenters. The predicted molar refractivity (Wildman–Crippen MR) is 148 cm³/mol. The van der Waals surface area contributed by atoms with Gasteiger partial charge in [0, 0.05) is 30.8 Å². The lowest BCUT2D eigenvalue weighted by molar-refractivity contribution is -0.138. The van der Waals surface area contributed by atoms with Crippen molar-refractivity contribution in [2.75, 3.05) is 18.1 Å². The SMILES string of the molecule is CCCCC(CCCC(N)=O)CSc1c(F)c(F)c(SCC(NC(=O)CCCC(=O)O)C(=O)NCC(=O)O)c(F)c1F. The summed E-state index contributed by atoms with van der Waals surface area (Å²) < 4.78 is 59.7. The fourth-order valence-corrected chi connectivity index (χ4v) is 5.89. The van der Waals surface area contributed by atoms with E-state index in [0.29, 0.717) is 31.0 Å². The number of amides is 3. The number of unbranched alkanes of at least 4 members (excludes halogenated alkanes) is 1. The second kappa shape index (κ2) is 19.2. The number of carbonyl (C=O) groups excluding carboxylic acids is 3. The van der Waals surface area contributed by atoms with Crippen molar-refractivity contribution >= 4 is 53.2 Å². The van der Waals surface area contributed by atoms with E-state index in [1.54, 1.807) is 0 Å². The zero-order valence-electron chi connectivity index (χ0n) is 23.0. The molecule has 0 aliphatic rings. The first-order valence-corrected chi connectivity index (χ1v) is 15.2. The van der Waals surface area contributed by atoms with Gasteiger partial charge in [-0.2, -0.15) is 0 Å². The van der Waals surface area contributed by atoms with Crippen molar-refractivity contribution < 1.29 is 51.7 Å². The minimum Gasteiger partial charge on any atom is -0.481 e. The van der Waals surface area contributed by atoms with E-state index in [4.69, 9.17) is 15.9 Å². The summed E-state index contributed by atoms with van der Waals surface area (Å²) in [5.74, 6) is -12.1. The van der Waals surface area contributed by atoms with E-state index in [0.717, 1.165) is 12.8 Å². The Morgan fingerprint density at radius 1 is 0.786 bits per heavy atom. The summed E-state index contributed by atoms with van der Waals surface area (Å²) in [7, 11) is 0. The monoisotopic (exact) mass is 641 g/mol. The Morgan fingerprint density at radius 2 is 1.33 bits per heavy atom. The first-order chi connectivity index (χ1) is 19.8. The second-order valence-corrected chi connectivity index (χ2v) is 11.4. The third-order valence-corrected chi connectivity index (χ3v) is 8.33. The van der Waals surface area contributed by atoms with E-state index >= 15 is 0 Å². The molecule has 0 radical (unpaired) electrons. The number of hydrogen-bond donors (Lipinski definition) is 5. The molecule has 6 N–H and O–H groups in total. The van der Waals surface area contributed by atoms with E-state index in [2.05, 4.69) is 5.32 Å². The molecule has 1 aromatic rings. The number of benzene rings is 1. The first-order valence-electron chi connectivity index (χ1n) is 13.2. The fraction of sp³-hybridized carbons (Fsp3) is 0.577. The Hall–Kier alpha value is -3.01. The molecule has 0 saturated heterocycles. The molecule has 0 fully saturated rings. The quantitative estimate of drug-likeness (QED) is 0.0759. The zero-order valence-corrected chi connectivity index (χ0v) is 24.6. The molecule has 236 valence electrons. The molecule has 10 nitrogen and oxygen atoms in total. The van der Waals surface area contributed by atoms with Crippen LogP contribution in [-0.2, 0) is 24.0 Å². The maximum atomic E-state index is 14.9. The number of aliphatic carboxylic acids is 2. The molecule has 0 aliphatic heterocycles. The lowest BCUT2D eigenvalue weighted by atomic mass is 9.98. The van der Waals surface area contributed by atoms with Gasteiger partial charge in [-0.15, -0.1) is 23.5 Å². The maximum absolute atomic E-state index is 14.9. The van der Waals surface area contributed by atoms with Crippen LogP contribution in [0.2, 0.25) is 0 Å². The molecular formula is C26H35F4N3O7S2.